The number of piperazine rings is 1. The van der Waals surface area contributed by atoms with E-state index in [-0.39, 0.29) is 6.03 Å². The van der Waals surface area contributed by atoms with E-state index in [1.807, 2.05) is 6.07 Å². The van der Waals surface area contributed by atoms with Crippen molar-refractivity contribution in [1.82, 2.24) is 9.88 Å². The first kappa shape index (κ1) is 10.5. The zero-order valence-corrected chi connectivity index (χ0v) is 8.97. The van der Waals surface area contributed by atoms with Gasteiger partial charge in [0, 0.05) is 26.2 Å². The molecule has 2 rings (SSSR count). The van der Waals surface area contributed by atoms with Gasteiger partial charge in [0.2, 0.25) is 0 Å². The molecule has 86 valence electrons. The van der Waals surface area contributed by atoms with Crippen molar-refractivity contribution in [3.8, 4) is 0 Å². The van der Waals surface area contributed by atoms with Crippen LogP contribution in [0.5, 0.6) is 0 Å². The van der Waals surface area contributed by atoms with Gasteiger partial charge in [-0.05, 0) is 12.1 Å². The first-order valence-corrected chi connectivity index (χ1v) is 5.17. The van der Waals surface area contributed by atoms with Crippen molar-refractivity contribution in [2.45, 2.75) is 0 Å². The number of amides is 2. The number of anilines is 2. The Labute approximate surface area is 93.8 Å². The molecule has 0 aromatic carbocycles. The number of aromatic nitrogens is 1. The molecule has 1 saturated heterocycles. The zero-order chi connectivity index (χ0) is 11.5. The van der Waals surface area contributed by atoms with Crippen LogP contribution in [0.2, 0.25) is 0 Å². The third-order valence-electron chi connectivity index (χ3n) is 2.73. The Kier molecular flexibility index (Phi) is 2.80. The third kappa shape index (κ3) is 2.16. The number of primary amides is 1. The first-order chi connectivity index (χ1) is 7.66. The molecule has 0 unspecified atom stereocenters. The van der Waals surface area contributed by atoms with Gasteiger partial charge in [-0.25, -0.2) is 9.78 Å². The Morgan fingerprint density at radius 1 is 1.25 bits per heavy atom. The van der Waals surface area contributed by atoms with Crippen LogP contribution >= 0.6 is 0 Å². The molecule has 0 atom stereocenters. The summed E-state index contributed by atoms with van der Waals surface area (Å²) in [4.78, 5) is 18.8. The molecule has 0 aliphatic carbocycles. The summed E-state index contributed by atoms with van der Waals surface area (Å²) in [5.74, 6) is 0.513. The predicted octanol–water partition coefficient (Wildman–Crippen LogP) is -0.136. The lowest BCUT2D eigenvalue weighted by Gasteiger charge is -2.34. The van der Waals surface area contributed by atoms with E-state index < -0.39 is 0 Å². The van der Waals surface area contributed by atoms with Crippen LogP contribution in [0.4, 0.5) is 16.3 Å². The van der Waals surface area contributed by atoms with Crippen molar-refractivity contribution >= 4 is 17.5 Å². The van der Waals surface area contributed by atoms with E-state index in [1.165, 1.54) is 0 Å². The Morgan fingerprint density at radius 2 is 1.94 bits per heavy atom. The summed E-state index contributed by atoms with van der Waals surface area (Å²) in [5.41, 5.74) is 11.8. The minimum absolute atomic E-state index is 0.352. The standard InChI is InChI=1S/C10H15N5O/c11-9-2-1-8(7-13-9)14-3-5-15(6-4-14)10(12)16/h1-2,7H,3-6H2,(H2,11,13)(H2,12,16). The number of hydrogen-bond donors (Lipinski definition) is 2. The molecule has 0 bridgehead atoms. The summed E-state index contributed by atoms with van der Waals surface area (Å²) >= 11 is 0. The molecule has 6 heteroatoms. The van der Waals surface area contributed by atoms with E-state index in [0.717, 1.165) is 18.8 Å². The molecular weight excluding hydrogens is 206 g/mol. The maximum Gasteiger partial charge on any atom is 0.314 e. The molecular formula is C10H15N5O. The molecule has 0 saturated carbocycles. The van der Waals surface area contributed by atoms with Gasteiger partial charge in [-0.2, -0.15) is 0 Å². The van der Waals surface area contributed by atoms with Crippen LogP contribution in [0, 0.1) is 0 Å². The van der Waals surface area contributed by atoms with Crippen LogP contribution in [-0.4, -0.2) is 42.1 Å². The minimum Gasteiger partial charge on any atom is -0.384 e. The summed E-state index contributed by atoms with van der Waals surface area (Å²) in [5, 5.41) is 0. The number of nitrogens with zero attached hydrogens (tertiary/aromatic N) is 3. The maximum atomic E-state index is 10.9. The predicted molar refractivity (Wildman–Crippen MR) is 62.0 cm³/mol. The highest BCUT2D eigenvalue weighted by atomic mass is 16.2. The number of pyridine rings is 1. The maximum absolute atomic E-state index is 10.9. The molecule has 0 radical (unpaired) electrons. The number of rotatable bonds is 1. The van der Waals surface area contributed by atoms with Crippen LogP contribution in [0.1, 0.15) is 0 Å². The lowest BCUT2D eigenvalue weighted by molar-refractivity contribution is 0.204. The van der Waals surface area contributed by atoms with Crippen LogP contribution < -0.4 is 16.4 Å². The molecule has 1 fully saturated rings. The normalized spacial score (nSPS) is 16.2. The van der Waals surface area contributed by atoms with Gasteiger partial charge < -0.3 is 21.3 Å². The summed E-state index contributed by atoms with van der Waals surface area (Å²) in [6.45, 7) is 2.85. The smallest absolute Gasteiger partial charge is 0.314 e. The average Bonchev–Trinajstić information content (AvgIpc) is 2.30. The number of hydrogen-bond acceptors (Lipinski definition) is 4. The van der Waals surface area contributed by atoms with E-state index in [4.69, 9.17) is 11.5 Å². The SMILES string of the molecule is NC(=O)N1CCN(c2ccc(N)nc2)CC1. The van der Waals surface area contributed by atoms with E-state index in [2.05, 4.69) is 9.88 Å². The summed E-state index contributed by atoms with van der Waals surface area (Å²) in [7, 11) is 0. The van der Waals surface area contributed by atoms with Crippen molar-refractivity contribution in [1.29, 1.82) is 0 Å². The quantitative estimate of drug-likeness (QED) is 0.691. The lowest BCUT2D eigenvalue weighted by Crippen LogP contribution is -2.50. The molecule has 1 aliphatic heterocycles. The highest BCUT2D eigenvalue weighted by Crippen LogP contribution is 2.15. The molecule has 2 amide bonds. The van der Waals surface area contributed by atoms with Gasteiger partial charge in [-0.15, -0.1) is 0 Å². The molecule has 1 aromatic rings. The number of nitrogen functional groups attached to an aromatic ring is 1. The fourth-order valence-electron chi connectivity index (χ4n) is 1.77. The van der Waals surface area contributed by atoms with Gasteiger partial charge in [-0.1, -0.05) is 0 Å². The first-order valence-electron chi connectivity index (χ1n) is 5.17. The summed E-state index contributed by atoms with van der Waals surface area (Å²) in [6, 6.07) is 3.35. The van der Waals surface area contributed by atoms with Gasteiger partial charge >= 0.3 is 6.03 Å². The van der Waals surface area contributed by atoms with Crippen molar-refractivity contribution in [3.05, 3.63) is 18.3 Å². The monoisotopic (exact) mass is 221 g/mol. The lowest BCUT2D eigenvalue weighted by atomic mass is 10.3. The fraction of sp³-hybridized carbons (Fsp3) is 0.400. The van der Waals surface area contributed by atoms with Gasteiger partial charge in [0.25, 0.3) is 0 Å². The van der Waals surface area contributed by atoms with Crippen molar-refractivity contribution < 1.29 is 4.79 Å². The van der Waals surface area contributed by atoms with Crippen LogP contribution in [0.3, 0.4) is 0 Å². The zero-order valence-electron chi connectivity index (χ0n) is 8.97. The van der Waals surface area contributed by atoms with Gasteiger partial charge in [0.15, 0.2) is 0 Å². The van der Waals surface area contributed by atoms with Gasteiger partial charge in [0.05, 0.1) is 11.9 Å². The molecule has 16 heavy (non-hydrogen) atoms. The Bertz CT molecular complexity index is 369. The van der Waals surface area contributed by atoms with Crippen LogP contribution in [-0.2, 0) is 0 Å². The summed E-state index contributed by atoms with van der Waals surface area (Å²) in [6.07, 6.45) is 1.75. The highest BCUT2D eigenvalue weighted by molar-refractivity contribution is 5.72. The van der Waals surface area contributed by atoms with E-state index in [1.54, 1.807) is 17.2 Å². The van der Waals surface area contributed by atoms with Gasteiger partial charge in [-0.3, -0.25) is 0 Å². The second kappa shape index (κ2) is 4.26. The average molecular weight is 221 g/mol. The summed E-state index contributed by atoms with van der Waals surface area (Å²) < 4.78 is 0. The van der Waals surface area contributed by atoms with E-state index in [9.17, 15) is 4.79 Å². The molecule has 2 heterocycles. The Balaban J connectivity index is 1.99. The van der Waals surface area contributed by atoms with E-state index in [0.29, 0.717) is 18.9 Å². The largest absolute Gasteiger partial charge is 0.384 e. The number of carbonyl (C=O) groups is 1. The minimum atomic E-state index is -0.352. The van der Waals surface area contributed by atoms with Crippen LogP contribution in [0.15, 0.2) is 18.3 Å². The van der Waals surface area contributed by atoms with Crippen molar-refractivity contribution in [3.63, 3.8) is 0 Å². The second-order valence-electron chi connectivity index (χ2n) is 3.75. The number of carbonyl (C=O) groups excluding carboxylic acids is 1. The fourth-order valence-corrected chi connectivity index (χ4v) is 1.77. The Hall–Kier alpha value is -1.98. The topological polar surface area (TPSA) is 88.5 Å². The second-order valence-corrected chi connectivity index (χ2v) is 3.75. The Morgan fingerprint density at radius 3 is 2.44 bits per heavy atom. The number of nitrogens with two attached hydrogens (primary N) is 2. The molecule has 0 spiro atoms. The molecule has 1 aromatic heterocycles. The van der Waals surface area contributed by atoms with Crippen molar-refractivity contribution in [2.24, 2.45) is 5.73 Å². The van der Waals surface area contributed by atoms with E-state index >= 15 is 0 Å². The molecule has 4 N–H and O–H groups in total. The van der Waals surface area contributed by atoms with Crippen LogP contribution in [0.25, 0.3) is 0 Å². The highest BCUT2D eigenvalue weighted by Gasteiger charge is 2.19. The third-order valence-corrected chi connectivity index (χ3v) is 2.73. The molecule has 6 nitrogen and oxygen atoms in total. The molecule has 1 aliphatic rings. The van der Waals surface area contributed by atoms with Crippen molar-refractivity contribution in [2.75, 3.05) is 36.8 Å². The number of urea groups is 1. The van der Waals surface area contributed by atoms with Gasteiger partial charge in [0.1, 0.15) is 5.82 Å².